The highest BCUT2D eigenvalue weighted by Crippen LogP contribution is 2.24. The summed E-state index contributed by atoms with van der Waals surface area (Å²) in [6.45, 7) is 6.40. The smallest absolute Gasteiger partial charge is 0.328 e. The molecule has 0 bridgehead atoms. The number of carbonyl (C=O) groups excluding carboxylic acids is 1. The summed E-state index contributed by atoms with van der Waals surface area (Å²) in [5.41, 5.74) is 2.72. The van der Waals surface area contributed by atoms with Crippen LogP contribution < -0.4 is 5.32 Å². The zero-order valence-corrected chi connectivity index (χ0v) is 24.9. The molecule has 204 valence electrons. The summed E-state index contributed by atoms with van der Waals surface area (Å²) in [5.74, 6) is 0.869. The number of esters is 1. The van der Waals surface area contributed by atoms with E-state index < -0.39 is 16.1 Å². The highest BCUT2D eigenvalue weighted by Gasteiger charge is 2.28. The third-order valence-corrected chi connectivity index (χ3v) is 9.38. The van der Waals surface area contributed by atoms with E-state index in [1.54, 1.807) is 4.31 Å². The molecule has 1 aromatic heterocycles. The Morgan fingerprint density at radius 1 is 1.05 bits per heavy atom. The average Bonchev–Trinajstić information content (AvgIpc) is 2.91. The lowest BCUT2D eigenvalue weighted by atomic mass is 10.0. The summed E-state index contributed by atoms with van der Waals surface area (Å²) >= 11 is 2.28. The summed E-state index contributed by atoms with van der Waals surface area (Å²) in [7, 11) is -2.03. The number of halogens is 1. The van der Waals surface area contributed by atoms with Gasteiger partial charge in [0.15, 0.2) is 0 Å². The first-order valence-electron chi connectivity index (χ1n) is 12.6. The summed E-state index contributed by atoms with van der Waals surface area (Å²) in [4.78, 5) is 24.0. The highest BCUT2D eigenvalue weighted by atomic mass is 127. The fourth-order valence-electron chi connectivity index (χ4n) is 4.55. The van der Waals surface area contributed by atoms with E-state index in [1.165, 1.54) is 7.11 Å². The van der Waals surface area contributed by atoms with Crippen LogP contribution in [0.2, 0.25) is 0 Å². The minimum absolute atomic E-state index is 0.00120. The molecular formula is C27H34IN5O4S. The molecule has 2 aromatic carbocycles. The maximum Gasteiger partial charge on any atom is 0.328 e. The van der Waals surface area contributed by atoms with Gasteiger partial charge in [0.2, 0.25) is 10.0 Å². The van der Waals surface area contributed by atoms with E-state index in [0.717, 1.165) is 26.5 Å². The summed E-state index contributed by atoms with van der Waals surface area (Å²) in [5, 5.41) is 4.10. The molecule has 2 heterocycles. The van der Waals surface area contributed by atoms with Crippen LogP contribution in [0.5, 0.6) is 0 Å². The molecule has 0 spiro atoms. The van der Waals surface area contributed by atoms with Gasteiger partial charge in [0, 0.05) is 36.0 Å². The van der Waals surface area contributed by atoms with Crippen molar-refractivity contribution < 1.29 is 17.9 Å². The number of aromatic nitrogens is 2. The molecule has 0 unspecified atom stereocenters. The number of methoxy groups -OCH3 is 1. The Balaban J connectivity index is 1.45. The molecule has 1 N–H and O–H groups in total. The number of sulfonamides is 1. The standard InChI is InChI=1S/C27H34IN5O4S/c1-19(2)25(27(34)37-3)31-26-22-9-4-5-10-23(22)29-24(30-26)17-32-11-13-33(14-12-32)38(35,36)18-21-8-6-7-20(15-21)16-28/h4-10,15,19,25H,11-14,16-18H2,1-3H3,(H,29,30,31)/t25-/m0/s1. The second-order valence-corrected chi connectivity index (χ2v) is 12.5. The first kappa shape index (κ1) is 28.7. The number of carbonyl (C=O) groups is 1. The molecule has 3 aromatic rings. The summed E-state index contributed by atoms with van der Waals surface area (Å²) in [6.07, 6.45) is 0. The van der Waals surface area contributed by atoms with Gasteiger partial charge in [-0.15, -0.1) is 0 Å². The number of ether oxygens (including phenoxy) is 1. The maximum atomic E-state index is 13.1. The zero-order valence-electron chi connectivity index (χ0n) is 21.9. The normalized spacial score (nSPS) is 16.0. The third kappa shape index (κ3) is 6.99. The minimum atomic E-state index is -3.41. The summed E-state index contributed by atoms with van der Waals surface area (Å²) in [6, 6.07) is 14.9. The van der Waals surface area contributed by atoms with Gasteiger partial charge >= 0.3 is 5.97 Å². The van der Waals surface area contributed by atoms with Crippen molar-refractivity contribution in [2.45, 2.75) is 36.6 Å². The Bertz CT molecular complexity index is 1380. The van der Waals surface area contributed by atoms with E-state index >= 15 is 0 Å². The lowest BCUT2D eigenvalue weighted by Crippen LogP contribution is -2.48. The molecule has 1 aliphatic heterocycles. The number of benzene rings is 2. The molecule has 38 heavy (non-hydrogen) atoms. The van der Waals surface area contributed by atoms with Crippen molar-refractivity contribution in [3.63, 3.8) is 0 Å². The Morgan fingerprint density at radius 3 is 2.45 bits per heavy atom. The third-order valence-electron chi connectivity index (χ3n) is 6.65. The fourth-order valence-corrected chi connectivity index (χ4v) is 6.53. The second kappa shape index (κ2) is 12.7. The number of hydrogen-bond acceptors (Lipinski definition) is 8. The Hall–Kier alpha value is -2.35. The van der Waals surface area contributed by atoms with Crippen LogP contribution in [0, 0.1) is 5.92 Å². The lowest BCUT2D eigenvalue weighted by molar-refractivity contribution is -0.142. The van der Waals surface area contributed by atoms with E-state index in [2.05, 4.69) is 32.8 Å². The molecule has 0 aliphatic carbocycles. The monoisotopic (exact) mass is 651 g/mol. The van der Waals surface area contributed by atoms with Crippen LogP contribution in [-0.4, -0.2) is 72.9 Å². The summed E-state index contributed by atoms with van der Waals surface area (Å²) < 4.78 is 33.6. The van der Waals surface area contributed by atoms with E-state index in [9.17, 15) is 13.2 Å². The van der Waals surface area contributed by atoms with Gasteiger partial charge < -0.3 is 10.1 Å². The van der Waals surface area contributed by atoms with Crippen LogP contribution in [-0.2, 0) is 36.3 Å². The fraction of sp³-hybridized carbons (Fsp3) is 0.444. The van der Waals surface area contributed by atoms with Gasteiger partial charge in [-0.1, -0.05) is 72.8 Å². The van der Waals surface area contributed by atoms with E-state index in [1.807, 2.05) is 62.4 Å². The first-order chi connectivity index (χ1) is 18.2. The van der Waals surface area contributed by atoms with Crippen molar-refractivity contribution in [2.75, 3.05) is 38.6 Å². The molecule has 4 rings (SSSR count). The van der Waals surface area contributed by atoms with Crippen LogP contribution in [0.3, 0.4) is 0 Å². The van der Waals surface area contributed by atoms with Crippen molar-refractivity contribution in [1.29, 1.82) is 0 Å². The predicted molar refractivity (Wildman–Crippen MR) is 157 cm³/mol. The van der Waals surface area contributed by atoms with Gasteiger partial charge in [-0.2, -0.15) is 4.31 Å². The van der Waals surface area contributed by atoms with Crippen molar-refractivity contribution in [3.05, 3.63) is 65.5 Å². The molecular weight excluding hydrogens is 617 g/mol. The number of para-hydroxylation sites is 1. The van der Waals surface area contributed by atoms with Gasteiger partial charge in [-0.05, 0) is 29.2 Å². The molecule has 0 radical (unpaired) electrons. The van der Waals surface area contributed by atoms with Gasteiger partial charge in [0.05, 0.1) is 24.9 Å². The van der Waals surface area contributed by atoms with Crippen LogP contribution in [0.1, 0.15) is 30.8 Å². The zero-order chi connectivity index (χ0) is 27.3. The number of fused-ring (bicyclic) bond motifs is 1. The Kier molecular flexibility index (Phi) is 9.55. The minimum Gasteiger partial charge on any atom is -0.467 e. The molecule has 9 nitrogen and oxygen atoms in total. The van der Waals surface area contributed by atoms with Gasteiger partial charge in [0.1, 0.15) is 17.7 Å². The number of nitrogens with one attached hydrogen (secondary N) is 1. The second-order valence-electron chi connectivity index (χ2n) is 9.78. The number of anilines is 1. The van der Waals surface area contributed by atoms with E-state index in [-0.39, 0.29) is 17.6 Å². The molecule has 0 saturated carbocycles. The van der Waals surface area contributed by atoms with E-state index in [4.69, 9.17) is 14.7 Å². The molecule has 0 amide bonds. The van der Waals surface area contributed by atoms with Gasteiger partial charge in [0.25, 0.3) is 0 Å². The van der Waals surface area contributed by atoms with Crippen LogP contribution in [0.25, 0.3) is 10.9 Å². The molecule has 1 aliphatic rings. The van der Waals surface area contributed by atoms with Crippen molar-refractivity contribution in [3.8, 4) is 0 Å². The van der Waals surface area contributed by atoms with Gasteiger partial charge in [-0.25, -0.2) is 23.2 Å². The Labute approximate surface area is 238 Å². The van der Waals surface area contributed by atoms with Crippen LogP contribution in [0.15, 0.2) is 48.5 Å². The van der Waals surface area contributed by atoms with E-state index in [0.29, 0.717) is 44.4 Å². The number of rotatable bonds is 10. The van der Waals surface area contributed by atoms with Crippen LogP contribution in [0.4, 0.5) is 5.82 Å². The molecule has 11 heteroatoms. The quantitative estimate of drug-likeness (QED) is 0.201. The van der Waals surface area contributed by atoms with Crippen molar-refractivity contribution in [1.82, 2.24) is 19.2 Å². The molecule has 1 atom stereocenters. The Morgan fingerprint density at radius 2 is 1.76 bits per heavy atom. The topological polar surface area (TPSA) is 105 Å². The number of nitrogens with zero attached hydrogens (tertiary/aromatic N) is 4. The van der Waals surface area contributed by atoms with Crippen LogP contribution >= 0.6 is 22.6 Å². The number of hydrogen-bond donors (Lipinski definition) is 1. The van der Waals surface area contributed by atoms with Crippen molar-refractivity contribution >= 4 is 55.3 Å². The van der Waals surface area contributed by atoms with Crippen molar-refractivity contribution in [2.24, 2.45) is 5.92 Å². The van der Waals surface area contributed by atoms with Gasteiger partial charge in [-0.3, -0.25) is 4.90 Å². The number of alkyl halides is 1. The molecule has 1 fully saturated rings. The SMILES string of the molecule is COC(=O)[C@@H](Nc1nc(CN2CCN(S(=O)(=O)Cc3cccc(CI)c3)CC2)nc2ccccc12)C(C)C. The molecule has 1 saturated heterocycles. The lowest BCUT2D eigenvalue weighted by Gasteiger charge is -2.33. The largest absolute Gasteiger partial charge is 0.467 e. The predicted octanol–water partition coefficient (Wildman–Crippen LogP) is 3.82. The number of piperazine rings is 1. The highest BCUT2D eigenvalue weighted by molar-refractivity contribution is 14.1. The maximum absolute atomic E-state index is 13.1. The first-order valence-corrected chi connectivity index (χ1v) is 15.8. The average molecular weight is 652 g/mol.